The summed E-state index contributed by atoms with van der Waals surface area (Å²) in [6.45, 7) is 8.11. The van der Waals surface area contributed by atoms with Crippen LogP contribution in [0.3, 0.4) is 0 Å². The Bertz CT molecular complexity index is 458. The second-order valence-electron chi connectivity index (χ2n) is 5.14. The first kappa shape index (κ1) is 16.9. The van der Waals surface area contributed by atoms with Crippen LogP contribution in [0.2, 0.25) is 0 Å². The van der Waals surface area contributed by atoms with Gasteiger partial charge in [0.1, 0.15) is 0 Å². The fourth-order valence-electron chi connectivity index (χ4n) is 2.39. The Morgan fingerprint density at radius 3 is 2.50 bits per heavy atom. The summed E-state index contributed by atoms with van der Waals surface area (Å²) in [7, 11) is 1.93. The first-order chi connectivity index (χ1) is 9.40. The molecule has 0 aliphatic rings. The third-order valence-corrected chi connectivity index (χ3v) is 4.25. The number of hydrogen-bond acceptors (Lipinski definition) is 3. The van der Waals surface area contributed by atoms with Gasteiger partial charge in [0.25, 0.3) is 0 Å². The van der Waals surface area contributed by atoms with E-state index in [1.54, 1.807) is 11.8 Å². The number of amides is 2. The van der Waals surface area contributed by atoms with E-state index < -0.39 is 0 Å². The molecule has 2 amide bonds. The predicted molar refractivity (Wildman–Crippen MR) is 85.2 cm³/mol. The molecule has 5 nitrogen and oxygen atoms in total. The summed E-state index contributed by atoms with van der Waals surface area (Å²) in [4.78, 5) is 12.0. The van der Waals surface area contributed by atoms with Crippen molar-refractivity contribution in [1.29, 1.82) is 0 Å². The Morgan fingerprint density at radius 2 is 2.05 bits per heavy atom. The minimum atomic E-state index is -0.110. The van der Waals surface area contributed by atoms with Gasteiger partial charge in [-0.25, -0.2) is 4.79 Å². The quantitative estimate of drug-likeness (QED) is 0.848. The average Bonchev–Trinajstić information content (AvgIpc) is 2.61. The van der Waals surface area contributed by atoms with Crippen LogP contribution >= 0.6 is 11.8 Å². The molecule has 0 fully saturated rings. The van der Waals surface area contributed by atoms with Gasteiger partial charge in [-0.05, 0) is 33.4 Å². The highest BCUT2D eigenvalue weighted by Gasteiger charge is 2.20. The number of nitrogens with zero attached hydrogens (tertiary/aromatic N) is 2. The van der Waals surface area contributed by atoms with Crippen LogP contribution in [0.25, 0.3) is 0 Å². The van der Waals surface area contributed by atoms with Gasteiger partial charge in [0, 0.05) is 30.1 Å². The second kappa shape index (κ2) is 7.57. The summed E-state index contributed by atoms with van der Waals surface area (Å²) in [5, 5.41) is 10.4. The van der Waals surface area contributed by atoms with Crippen molar-refractivity contribution in [2.24, 2.45) is 7.05 Å². The van der Waals surface area contributed by atoms with Gasteiger partial charge < -0.3 is 10.6 Å². The minimum Gasteiger partial charge on any atom is -0.335 e. The molecule has 2 atom stereocenters. The van der Waals surface area contributed by atoms with Crippen molar-refractivity contribution in [3.05, 3.63) is 17.0 Å². The van der Waals surface area contributed by atoms with E-state index in [0.717, 1.165) is 29.1 Å². The standard InChI is InChI=1S/C14H26N4OS/c1-7-12(13-10(3)17-18(5)11(13)4)16-14(19)15-9(2)8-20-6/h9,12H,7-8H2,1-6H3,(H2,15,16,19)/t9-,12-/m1/s1. The van der Waals surface area contributed by atoms with E-state index in [4.69, 9.17) is 0 Å². The van der Waals surface area contributed by atoms with Gasteiger partial charge in [-0.2, -0.15) is 16.9 Å². The molecule has 114 valence electrons. The molecule has 1 rings (SSSR count). The maximum absolute atomic E-state index is 12.0. The molecule has 0 unspecified atom stereocenters. The van der Waals surface area contributed by atoms with E-state index in [9.17, 15) is 4.79 Å². The monoisotopic (exact) mass is 298 g/mol. The minimum absolute atomic E-state index is 0.00480. The van der Waals surface area contributed by atoms with E-state index in [0.29, 0.717) is 0 Å². The van der Waals surface area contributed by atoms with Crippen LogP contribution in [0, 0.1) is 13.8 Å². The SMILES string of the molecule is CC[C@@H](NC(=O)N[C@H](C)CSC)c1c(C)nn(C)c1C. The molecule has 0 saturated heterocycles. The molecule has 0 saturated carbocycles. The summed E-state index contributed by atoms with van der Waals surface area (Å²) < 4.78 is 1.86. The van der Waals surface area contributed by atoms with Crippen molar-refractivity contribution >= 4 is 17.8 Å². The maximum atomic E-state index is 12.0. The summed E-state index contributed by atoms with van der Waals surface area (Å²) >= 11 is 1.73. The highest BCUT2D eigenvalue weighted by molar-refractivity contribution is 7.98. The zero-order chi connectivity index (χ0) is 15.3. The lowest BCUT2D eigenvalue weighted by molar-refractivity contribution is 0.234. The summed E-state index contributed by atoms with van der Waals surface area (Å²) in [5.74, 6) is 0.912. The van der Waals surface area contributed by atoms with Crippen LogP contribution in [0.4, 0.5) is 4.79 Å². The van der Waals surface area contributed by atoms with E-state index in [2.05, 4.69) is 22.7 Å². The topological polar surface area (TPSA) is 59.0 Å². The van der Waals surface area contributed by atoms with Crippen molar-refractivity contribution < 1.29 is 4.79 Å². The molecule has 0 aromatic carbocycles. The molecule has 20 heavy (non-hydrogen) atoms. The van der Waals surface area contributed by atoms with E-state index in [1.807, 2.05) is 38.8 Å². The fourth-order valence-corrected chi connectivity index (χ4v) is 2.97. The van der Waals surface area contributed by atoms with Crippen LogP contribution in [0.15, 0.2) is 0 Å². The Kier molecular flexibility index (Phi) is 6.39. The number of aromatic nitrogens is 2. The van der Waals surface area contributed by atoms with Crippen LogP contribution in [-0.2, 0) is 7.05 Å². The van der Waals surface area contributed by atoms with Crippen molar-refractivity contribution in [2.45, 2.75) is 46.2 Å². The average molecular weight is 298 g/mol. The molecule has 1 aromatic rings. The third-order valence-electron chi connectivity index (χ3n) is 3.42. The molecule has 6 heteroatoms. The fraction of sp³-hybridized carbons (Fsp3) is 0.714. The number of hydrogen-bond donors (Lipinski definition) is 2. The number of carbonyl (C=O) groups is 1. The normalized spacial score (nSPS) is 13.9. The summed E-state index contributed by atoms with van der Waals surface area (Å²) in [5.41, 5.74) is 3.21. The highest BCUT2D eigenvalue weighted by Crippen LogP contribution is 2.23. The number of nitrogens with one attached hydrogen (secondary N) is 2. The molecule has 2 N–H and O–H groups in total. The number of rotatable bonds is 6. The lowest BCUT2D eigenvalue weighted by Crippen LogP contribution is -2.43. The maximum Gasteiger partial charge on any atom is 0.315 e. The zero-order valence-electron chi connectivity index (χ0n) is 13.3. The molecule has 0 aliphatic heterocycles. The molecule has 0 aliphatic carbocycles. The van der Waals surface area contributed by atoms with Crippen LogP contribution < -0.4 is 10.6 Å². The van der Waals surface area contributed by atoms with Gasteiger partial charge in [0.2, 0.25) is 0 Å². The van der Waals surface area contributed by atoms with E-state index in [1.165, 1.54) is 0 Å². The van der Waals surface area contributed by atoms with Gasteiger partial charge in [-0.1, -0.05) is 6.92 Å². The van der Waals surface area contributed by atoms with E-state index >= 15 is 0 Å². The molecule has 0 radical (unpaired) electrons. The molecule has 0 bridgehead atoms. The molecule has 1 heterocycles. The number of carbonyl (C=O) groups excluding carboxylic acids is 1. The van der Waals surface area contributed by atoms with Crippen molar-refractivity contribution in [3.8, 4) is 0 Å². The third kappa shape index (κ3) is 4.16. The van der Waals surface area contributed by atoms with Crippen molar-refractivity contribution in [2.75, 3.05) is 12.0 Å². The number of aryl methyl sites for hydroxylation is 2. The Labute approximate surface area is 125 Å². The summed E-state index contributed by atoms with van der Waals surface area (Å²) in [6.07, 6.45) is 2.88. The molecule has 1 aromatic heterocycles. The molecular weight excluding hydrogens is 272 g/mol. The molecular formula is C14H26N4OS. The zero-order valence-corrected chi connectivity index (χ0v) is 14.1. The number of thioether (sulfide) groups is 1. The number of urea groups is 1. The van der Waals surface area contributed by atoms with Crippen LogP contribution in [0.5, 0.6) is 0 Å². The smallest absolute Gasteiger partial charge is 0.315 e. The Hall–Kier alpha value is -1.17. The first-order valence-corrected chi connectivity index (χ1v) is 8.36. The van der Waals surface area contributed by atoms with Crippen LogP contribution in [-0.4, -0.2) is 33.9 Å². The van der Waals surface area contributed by atoms with Gasteiger partial charge in [-0.15, -0.1) is 0 Å². The highest BCUT2D eigenvalue weighted by atomic mass is 32.2. The second-order valence-corrected chi connectivity index (χ2v) is 6.05. The molecule has 0 spiro atoms. The van der Waals surface area contributed by atoms with Gasteiger partial charge in [-0.3, -0.25) is 4.68 Å². The Balaban J connectivity index is 2.74. The first-order valence-electron chi connectivity index (χ1n) is 6.96. The largest absolute Gasteiger partial charge is 0.335 e. The van der Waals surface area contributed by atoms with Crippen LogP contribution in [0.1, 0.15) is 43.3 Å². The summed E-state index contributed by atoms with van der Waals surface area (Å²) in [6, 6.07) is 0.0600. The van der Waals surface area contributed by atoms with Crippen molar-refractivity contribution in [1.82, 2.24) is 20.4 Å². The van der Waals surface area contributed by atoms with E-state index in [-0.39, 0.29) is 18.1 Å². The van der Waals surface area contributed by atoms with Gasteiger partial charge in [0.15, 0.2) is 0 Å². The van der Waals surface area contributed by atoms with Gasteiger partial charge >= 0.3 is 6.03 Å². The lowest BCUT2D eigenvalue weighted by Gasteiger charge is -2.20. The van der Waals surface area contributed by atoms with Gasteiger partial charge in [0.05, 0.1) is 11.7 Å². The van der Waals surface area contributed by atoms with Crippen molar-refractivity contribution in [3.63, 3.8) is 0 Å². The lowest BCUT2D eigenvalue weighted by atomic mass is 10.0. The predicted octanol–water partition coefficient (Wildman–Crippen LogP) is 2.54. The Morgan fingerprint density at radius 1 is 1.40 bits per heavy atom.